The second-order valence-electron chi connectivity index (χ2n) is 3.75. The molecule has 0 amide bonds. The van der Waals surface area contributed by atoms with Crippen molar-refractivity contribution < 1.29 is 9.53 Å². The number of benzene rings is 1. The molecular formula is C12H12ClN3O2S. The molecule has 2 aromatic rings. The summed E-state index contributed by atoms with van der Waals surface area (Å²) in [5, 5.41) is 4.36. The number of halogens is 1. The summed E-state index contributed by atoms with van der Waals surface area (Å²) < 4.78 is 8.62. The number of ether oxygens (including phenoxy) is 1. The Balaban J connectivity index is 2.14. The van der Waals surface area contributed by atoms with Crippen LogP contribution in [-0.4, -0.2) is 17.5 Å². The molecular weight excluding hydrogens is 286 g/mol. The van der Waals surface area contributed by atoms with E-state index in [2.05, 4.69) is 14.4 Å². The average molecular weight is 298 g/mol. The Bertz CT molecular complexity index is 600. The van der Waals surface area contributed by atoms with Gasteiger partial charge in [-0.25, -0.2) is 4.79 Å². The van der Waals surface area contributed by atoms with Gasteiger partial charge in [-0.2, -0.15) is 4.37 Å². The summed E-state index contributed by atoms with van der Waals surface area (Å²) in [7, 11) is 1.31. The first kappa shape index (κ1) is 13.6. The van der Waals surface area contributed by atoms with Crippen molar-refractivity contribution in [1.82, 2.24) is 4.37 Å². The number of nitrogens with zero attached hydrogens (tertiary/aromatic N) is 1. The van der Waals surface area contributed by atoms with E-state index in [1.54, 1.807) is 6.07 Å². The molecule has 19 heavy (non-hydrogen) atoms. The minimum Gasteiger partial charge on any atom is -0.465 e. The highest BCUT2D eigenvalue weighted by Crippen LogP contribution is 2.28. The Kier molecular flexibility index (Phi) is 4.24. The number of nitrogens with two attached hydrogens (primary N) is 1. The van der Waals surface area contributed by atoms with Crippen molar-refractivity contribution in [1.29, 1.82) is 0 Å². The van der Waals surface area contributed by atoms with Gasteiger partial charge in [-0.15, -0.1) is 0 Å². The number of hydrogen-bond donors (Lipinski definition) is 2. The molecule has 0 unspecified atom stereocenters. The standard InChI is InChI=1S/C12H12ClN3O2S/c1-18-12(17)9-10(14)16-19-11(9)15-6-7-3-2-4-8(13)5-7/h2-5,15H,6H2,1H3,(H2,14,16). The van der Waals surface area contributed by atoms with Crippen LogP contribution in [0.25, 0.3) is 0 Å². The Morgan fingerprint density at radius 1 is 1.58 bits per heavy atom. The molecule has 0 fully saturated rings. The molecule has 1 aromatic heterocycles. The van der Waals surface area contributed by atoms with Crippen molar-refractivity contribution in [2.75, 3.05) is 18.2 Å². The van der Waals surface area contributed by atoms with Crippen LogP contribution in [0, 0.1) is 0 Å². The zero-order valence-corrected chi connectivity index (χ0v) is 11.7. The molecule has 5 nitrogen and oxygen atoms in total. The SMILES string of the molecule is COC(=O)c1c(N)nsc1NCc1cccc(Cl)c1. The van der Waals surface area contributed by atoms with E-state index < -0.39 is 5.97 Å². The molecule has 0 atom stereocenters. The lowest BCUT2D eigenvalue weighted by atomic mass is 10.2. The normalized spacial score (nSPS) is 10.2. The van der Waals surface area contributed by atoms with Gasteiger partial charge in [0.2, 0.25) is 0 Å². The number of hydrogen-bond acceptors (Lipinski definition) is 6. The fourth-order valence-corrected chi connectivity index (χ4v) is 2.46. The van der Waals surface area contributed by atoms with E-state index in [9.17, 15) is 4.79 Å². The fourth-order valence-electron chi connectivity index (χ4n) is 1.55. The van der Waals surface area contributed by atoms with Crippen LogP contribution in [0.15, 0.2) is 24.3 Å². The van der Waals surface area contributed by atoms with E-state index >= 15 is 0 Å². The van der Waals surface area contributed by atoms with Gasteiger partial charge in [0, 0.05) is 11.6 Å². The maximum Gasteiger partial charge on any atom is 0.344 e. The summed E-state index contributed by atoms with van der Waals surface area (Å²) in [6.45, 7) is 0.520. The predicted octanol–water partition coefficient (Wildman–Crippen LogP) is 2.78. The number of carbonyl (C=O) groups is 1. The first-order valence-electron chi connectivity index (χ1n) is 5.43. The monoisotopic (exact) mass is 297 g/mol. The molecule has 1 aromatic carbocycles. The fraction of sp³-hybridized carbons (Fsp3) is 0.167. The van der Waals surface area contributed by atoms with Gasteiger partial charge in [-0.1, -0.05) is 23.7 Å². The van der Waals surface area contributed by atoms with E-state index in [4.69, 9.17) is 17.3 Å². The van der Waals surface area contributed by atoms with Crippen LogP contribution in [0.3, 0.4) is 0 Å². The molecule has 0 aliphatic carbocycles. The van der Waals surface area contributed by atoms with E-state index in [1.165, 1.54) is 7.11 Å². The number of nitrogens with one attached hydrogen (secondary N) is 1. The Morgan fingerprint density at radius 2 is 2.37 bits per heavy atom. The van der Waals surface area contributed by atoms with E-state index in [-0.39, 0.29) is 11.4 Å². The van der Waals surface area contributed by atoms with Crippen molar-refractivity contribution in [3.05, 3.63) is 40.4 Å². The number of esters is 1. The molecule has 100 valence electrons. The molecule has 2 rings (SSSR count). The van der Waals surface area contributed by atoms with Crippen LogP contribution in [-0.2, 0) is 11.3 Å². The predicted molar refractivity (Wildman–Crippen MR) is 76.6 cm³/mol. The third-order valence-electron chi connectivity index (χ3n) is 2.45. The highest BCUT2D eigenvalue weighted by Gasteiger charge is 2.19. The number of rotatable bonds is 4. The maximum absolute atomic E-state index is 11.6. The first-order chi connectivity index (χ1) is 9.11. The lowest BCUT2D eigenvalue weighted by Gasteiger charge is -2.06. The van der Waals surface area contributed by atoms with Gasteiger partial charge in [0.1, 0.15) is 10.6 Å². The van der Waals surface area contributed by atoms with Crippen molar-refractivity contribution in [3.8, 4) is 0 Å². The van der Waals surface area contributed by atoms with Crippen molar-refractivity contribution in [2.24, 2.45) is 0 Å². The quantitative estimate of drug-likeness (QED) is 0.849. The van der Waals surface area contributed by atoms with Crippen LogP contribution in [0.1, 0.15) is 15.9 Å². The van der Waals surface area contributed by atoms with Crippen LogP contribution >= 0.6 is 23.1 Å². The van der Waals surface area contributed by atoms with Gasteiger partial charge in [-0.05, 0) is 29.2 Å². The van der Waals surface area contributed by atoms with Crippen LogP contribution < -0.4 is 11.1 Å². The number of aromatic nitrogens is 1. The van der Waals surface area contributed by atoms with Gasteiger partial charge in [0.15, 0.2) is 5.82 Å². The lowest BCUT2D eigenvalue weighted by Crippen LogP contribution is -2.08. The second kappa shape index (κ2) is 5.90. The third kappa shape index (κ3) is 3.15. The topological polar surface area (TPSA) is 77.2 Å². The van der Waals surface area contributed by atoms with Gasteiger partial charge in [0.05, 0.1) is 7.11 Å². The maximum atomic E-state index is 11.6. The minimum atomic E-state index is -0.500. The van der Waals surface area contributed by atoms with E-state index in [1.807, 2.05) is 18.2 Å². The van der Waals surface area contributed by atoms with Crippen molar-refractivity contribution in [3.63, 3.8) is 0 Å². The summed E-state index contributed by atoms with van der Waals surface area (Å²) in [6, 6.07) is 7.44. The number of nitrogen functional groups attached to an aromatic ring is 1. The Hall–Kier alpha value is -1.79. The molecule has 7 heteroatoms. The first-order valence-corrected chi connectivity index (χ1v) is 6.58. The zero-order chi connectivity index (χ0) is 13.8. The average Bonchev–Trinajstić information content (AvgIpc) is 2.77. The molecule has 3 N–H and O–H groups in total. The van der Waals surface area contributed by atoms with E-state index in [0.717, 1.165) is 17.1 Å². The minimum absolute atomic E-state index is 0.172. The van der Waals surface area contributed by atoms with Gasteiger partial charge in [-0.3, -0.25) is 0 Å². The molecule has 0 aliphatic rings. The largest absolute Gasteiger partial charge is 0.465 e. The Labute approximate surface area is 119 Å². The van der Waals surface area contributed by atoms with Crippen molar-refractivity contribution >= 4 is 39.9 Å². The molecule has 0 saturated heterocycles. The molecule has 0 aliphatic heterocycles. The van der Waals surface area contributed by atoms with Gasteiger partial charge < -0.3 is 15.8 Å². The Morgan fingerprint density at radius 3 is 3.05 bits per heavy atom. The summed E-state index contributed by atoms with van der Waals surface area (Å²) >= 11 is 7.03. The molecule has 0 spiro atoms. The smallest absolute Gasteiger partial charge is 0.344 e. The molecule has 0 saturated carbocycles. The zero-order valence-electron chi connectivity index (χ0n) is 10.1. The summed E-state index contributed by atoms with van der Waals surface area (Å²) in [5.41, 5.74) is 6.92. The number of carbonyl (C=O) groups excluding carboxylic acids is 1. The summed E-state index contributed by atoms with van der Waals surface area (Å²) in [6.07, 6.45) is 0. The number of methoxy groups -OCH3 is 1. The van der Waals surface area contributed by atoms with Crippen LogP contribution in [0.4, 0.5) is 10.8 Å². The van der Waals surface area contributed by atoms with Gasteiger partial charge >= 0.3 is 5.97 Å². The van der Waals surface area contributed by atoms with Crippen LogP contribution in [0.2, 0.25) is 5.02 Å². The summed E-state index contributed by atoms with van der Waals surface area (Å²) in [4.78, 5) is 11.6. The van der Waals surface area contributed by atoms with E-state index in [0.29, 0.717) is 16.6 Å². The molecule has 0 radical (unpaired) electrons. The summed E-state index contributed by atoms with van der Waals surface area (Å²) in [5.74, 6) is -0.328. The highest BCUT2D eigenvalue weighted by atomic mass is 35.5. The van der Waals surface area contributed by atoms with Crippen molar-refractivity contribution in [2.45, 2.75) is 6.54 Å². The van der Waals surface area contributed by atoms with Crippen LogP contribution in [0.5, 0.6) is 0 Å². The second-order valence-corrected chi connectivity index (χ2v) is 4.96. The third-order valence-corrected chi connectivity index (χ3v) is 3.50. The molecule has 1 heterocycles. The lowest BCUT2D eigenvalue weighted by molar-refractivity contribution is 0.0603. The molecule has 0 bridgehead atoms. The van der Waals surface area contributed by atoms with Gasteiger partial charge in [0.25, 0.3) is 0 Å². The highest BCUT2D eigenvalue weighted by molar-refractivity contribution is 7.11. The number of anilines is 2.